The standard InChI is InChI=1S/C8H5BrF2INO/c9-1-4-5(8(10)11)2-13-6(3-14)7(4)12/h2-3,8H,1H2. The van der Waals surface area contributed by atoms with Crippen molar-refractivity contribution in [3.63, 3.8) is 0 Å². The second-order valence-electron chi connectivity index (χ2n) is 2.44. The molecule has 0 N–H and O–H groups in total. The van der Waals surface area contributed by atoms with Crippen LogP contribution in [0.3, 0.4) is 0 Å². The van der Waals surface area contributed by atoms with Gasteiger partial charge in [0, 0.05) is 20.7 Å². The first-order valence-corrected chi connectivity index (χ1v) is 5.78. The van der Waals surface area contributed by atoms with Gasteiger partial charge in [0.2, 0.25) is 0 Å². The molecule has 14 heavy (non-hydrogen) atoms. The fourth-order valence-corrected chi connectivity index (χ4v) is 2.86. The SMILES string of the molecule is O=Cc1ncc(C(F)F)c(CBr)c1I. The molecule has 0 saturated carbocycles. The minimum Gasteiger partial charge on any atom is -0.296 e. The molecule has 0 radical (unpaired) electrons. The molecular formula is C8H5BrF2INO. The summed E-state index contributed by atoms with van der Waals surface area (Å²) in [6, 6.07) is 0. The van der Waals surface area contributed by atoms with Gasteiger partial charge in [0.25, 0.3) is 6.43 Å². The maximum absolute atomic E-state index is 12.5. The van der Waals surface area contributed by atoms with Crippen LogP contribution in [0.2, 0.25) is 0 Å². The highest BCUT2D eigenvalue weighted by Crippen LogP contribution is 2.28. The van der Waals surface area contributed by atoms with E-state index in [2.05, 4.69) is 20.9 Å². The summed E-state index contributed by atoms with van der Waals surface area (Å²) in [5.74, 6) is 0. The van der Waals surface area contributed by atoms with Crippen molar-refractivity contribution in [3.05, 3.63) is 26.6 Å². The Balaban J connectivity index is 3.35. The zero-order valence-electron chi connectivity index (χ0n) is 6.81. The van der Waals surface area contributed by atoms with Crippen LogP contribution in [0, 0.1) is 3.57 Å². The molecule has 0 spiro atoms. The quantitative estimate of drug-likeness (QED) is 0.461. The third kappa shape index (κ3) is 2.28. The molecule has 0 aliphatic heterocycles. The van der Waals surface area contributed by atoms with Crippen LogP contribution in [0.4, 0.5) is 8.78 Å². The van der Waals surface area contributed by atoms with Crippen molar-refractivity contribution in [2.75, 3.05) is 0 Å². The van der Waals surface area contributed by atoms with E-state index in [4.69, 9.17) is 0 Å². The summed E-state index contributed by atoms with van der Waals surface area (Å²) in [7, 11) is 0. The van der Waals surface area contributed by atoms with Gasteiger partial charge in [-0.05, 0) is 28.2 Å². The maximum Gasteiger partial charge on any atom is 0.265 e. The first-order chi connectivity index (χ1) is 6.61. The van der Waals surface area contributed by atoms with Crippen LogP contribution in [0.5, 0.6) is 0 Å². The third-order valence-corrected chi connectivity index (χ3v) is 3.43. The lowest BCUT2D eigenvalue weighted by molar-refractivity contribution is 0.111. The van der Waals surface area contributed by atoms with Crippen LogP contribution in [-0.2, 0) is 5.33 Å². The van der Waals surface area contributed by atoms with Crippen LogP contribution >= 0.6 is 38.5 Å². The highest BCUT2D eigenvalue weighted by atomic mass is 127. The predicted octanol–water partition coefficient (Wildman–Crippen LogP) is 3.33. The summed E-state index contributed by atoms with van der Waals surface area (Å²) >= 11 is 4.95. The van der Waals surface area contributed by atoms with Crippen molar-refractivity contribution in [1.82, 2.24) is 4.98 Å². The van der Waals surface area contributed by atoms with E-state index in [1.807, 2.05) is 22.6 Å². The monoisotopic (exact) mass is 375 g/mol. The molecule has 0 aliphatic carbocycles. The summed E-state index contributed by atoms with van der Waals surface area (Å²) in [4.78, 5) is 14.2. The molecule has 2 nitrogen and oxygen atoms in total. The van der Waals surface area contributed by atoms with E-state index in [0.717, 1.165) is 6.20 Å². The van der Waals surface area contributed by atoms with Gasteiger partial charge in [0.15, 0.2) is 6.29 Å². The third-order valence-electron chi connectivity index (χ3n) is 1.66. The number of aromatic nitrogens is 1. The van der Waals surface area contributed by atoms with E-state index in [0.29, 0.717) is 15.4 Å². The largest absolute Gasteiger partial charge is 0.296 e. The molecule has 76 valence electrons. The van der Waals surface area contributed by atoms with Gasteiger partial charge in [-0.25, -0.2) is 8.78 Å². The lowest BCUT2D eigenvalue weighted by Gasteiger charge is -2.08. The van der Waals surface area contributed by atoms with Crippen molar-refractivity contribution in [2.24, 2.45) is 0 Å². The molecule has 0 saturated heterocycles. The Morgan fingerprint density at radius 2 is 2.29 bits per heavy atom. The molecule has 0 bridgehead atoms. The maximum atomic E-state index is 12.5. The summed E-state index contributed by atoms with van der Waals surface area (Å²) in [6.07, 6.45) is -0.958. The molecule has 1 heterocycles. The first-order valence-electron chi connectivity index (χ1n) is 3.58. The highest BCUT2D eigenvalue weighted by molar-refractivity contribution is 14.1. The second kappa shape index (κ2) is 5.11. The lowest BCUT2D eigenvalue weighted by Crippen LogP contribution is -2.02. The molecule has 1 rings (SSSR count). The zero-order chi connectivity index (χ0) is 10.7. The normalized spacial score (nSPS) is 10.6. The first kappa shape index (κ1) is 12.0. The van der Waals surface area contributed by atoms with E-state index in [-0.39, 0.29) is 16.6 Å². The number of rotatable bonds is 3. The van der Waals surface area contributed by atoms with Gasteiger partial charge in [0.1, 0.15) is 5.69 Å². The van der Waals surface area contributed by atoms with Crippen LogP contribution < -0.4 is 0 Å². The van der Waals surface area contributed by atoms with Gasteiger partial charge in [0.05, 0.1) is 0 Å². The Morgan fingerprint density at radius 3 is 2.71 bits per heavy atom. The number of hydrogen-bond acceptors (Lipinski definition) is 2. The molecule has 0 aromatic carbocycles. The zero-order valence-corrected chi connectivity index (χ0v) is 10.5. The van der Waals surface area contributed by atoms with Gasteiger partial charge in [-0.3, -0.25) is 9.78 Å². The molecular weight excluding hydrogens is 371 g/mol. The van der Waals surface area contributed by atoms with E-state index in [1.54, 1.807) is 0 Å². The number of alkyl halides is 3. The fraction of sp³-hybridized carbons (Fsp3) is 0.250. The van der Waals surface area contributed by atoms with Gasteiger partial charge < -0.3 is 0 Å². The van der Waals surface area contributed by atoms with Crippen molar-refractivity contribution in [1.29, 1.82) is 0 Å². The van der Waals surface area contributed by atoms with Crippen molar-refractivity contribution < 1.29 is 13.6 Å². The van der Waals surface area contributed by atoms with Gasteiger partial charge >= 0.3 is 0 Å². The van der Waals surface area contributed by atoms with Crippen LogP contribution in [0.15, 0.2) is 6.20 Å². The van der Waals surface area contributed by atoms with Crippen LogP contribution in [0.25, 0.3) is 0 Å². The molecule has 0 atom stereocenters. The summed E-state index contributed by atoms with van der Waals surface area (Å²) in [5, 5.41) is 0.286. The van der Waals surface area contributed by atoms with E-state index < -0.39 is 6.43 Å². The number of aldehydes is 1. The molecule has 0 aliphatic rings. The number of pyridine rings is 1. The van der Waals surface area contributed by atoms with Crippen molar-refractivity contribution in [2.45, 2.75) is 11.8 Å². The van der Waals surface area contributed by atoms with Crippen molar-refractivity contribution in [3.8, 4) is 0 Å². The molecule has 6 heteroatoms. The Bertz CT molecular complexity index is 359. The number of nitrogens with zero attached hydrogens (tertiary/aromatic N) is 1. The van der Waals surface area contributed by atoms with E-state index in [9.17, 15) is 13.6 Å². The van der Waals surface area contributed by atoms with E-state index in [1.165, 1.54) is 0 Å². The van der Waals surface area contributed by atoms with Crippen molar-refractivity contribution >= 4 is 44.8 Å². The Labute approximate surface area is 101 Å². The van der Waals surface area contributed by atoms with Gasteiger partial charge in [-0.15, -0.1) is 0 Å². The summed E-state index contributed by atoms with van der Waals surface area (Å²) in [6.45, 7) is 0. The minimum absolute atomic E-state index is 0.128. The number of hydrogen-bond donors (Lipinski definition) is 0. The molecule has 0 amide bonds. The number of carbonyl (C=O) groups is 1. The average molecular weight is 376 g/mol. The number of carbonyl (C=O) groups excluding carboxylic acids is 1. The molecule has 1 aromatic rings. The topological polar surface area (TPSA) is 30.0 Å². The smallest absolute Gasteiger partial charge is 0.265 e. The Hall–Kier alpha value is -0.110. The molecule has 1 aromatic heterocycles. The second-order valence-corrected chi connectivity index (χ2v) is 4.08. The predicted molar refractivity (Wildman–Crippen MR) is 59.9 cm³/mol. The average Bonchev–Trinajstić information content (AvgIpc) is 2.17. The summed E-state index contributed by atoms with van der Waals surface area (Å²) < 4.78 is 25.4. The van der Waals surface area contributed by atoms with Crippen LogP contribution in [0.1, 0.15) is 28.0 Å². The lowest BCUT2D eigenvalue weighted by atomic mass is 10.1. The minimum atomic E-state index is -2.57. The molecule has 0 fully saturated rings. The molecule has 0 unspecified atom stereocenters. The van der Waals surface area contributed by atoms with Crippen LogP contribution in [-0.4, -0.2) is 11.3 Å². The van der Waals surface area contributed by atoms with Gasteiger partial charge in [-0.1, -0.05) is 15.9 Å². The van der Waals surface area contributed by atoms with E-state index >= 15 is 0 Å². The highest BCUT2D eigenvalue weighted by Gasteiger charge is 2.17. The Kier molecular flexibility index (Phi) is 4.36. The van der Waals surface area contributed by atoms with Gasteiger partial charge in [-0.2, -0.15) is 0 Å². The summed E-state index contributed by atoms with van der Waals surface area (Å²) in [5.41, 5.74) is 0.499. The number of halogens is 4. The Morgan fingerprint density at radius 1 is 1.64 bits per heavy atom. The fourth-order valence-electron chi connectivity index (χ4n) is 0.961.